The first-order chi connectivity index (χ1) is 56.0. The molecule has 16 heteroatoms. The van der Waals surface area contributed by atoms with Crippen molar-refractivity contribution in [1.29, 1.82) is 0 Å². The Balaban J connectivity index is 0.000000111. The topological polar surface area (TPSA) is 78.5 Å². The van der Waals surface area contributed by atoms with Crippen molar-refractivity contribution in [2.75, 3.05) is 0 Å². The van der Waals surface area contributed by atoms with E-state index in [1.165, 1.54) is 162 Å². The quantitative estimate of drug-likeness (QED) is 0.162. The van der Waals surface area contributed by atoms with Gasteiger partial charge in [-0.05, 0) is 196 Å². The zero-order valence-electron chi connectivity index (χ0n) is 73.9. The first-order valence-corrected chi connectivity index (χ1v) is 41.5. The van der Waals surface area contributed by atoms with E-state index < -0.39 is 0 Å². The first-order valence-electron chi connectivity index (χ1n) is 41.5. The minimum Gasteiger partial charge on any atom is -0.265 e. The van der Waals surface area contributed by atoms with Crippen LogP contribution in [0.4, 0.5) is 0 Å². The molecule has 16 nitrogen and oxygen atoms in total. The molecule has 20 aromatic rings. The summed E-state index contributed by atoms with van der Waals surface area (Å²) in [6.07, 6.45) is 25.0. The second-order valence-corrected chi connectivity index (χ2v) is 37.5. The van der Waals surface area contributed by atoms with Gasteiger partial charge in [0.15, 0.2) is 0 Å². The van der Waals surface area contributed by atoms with E-state index in [4.69, 9.17) is 0 Å². The van der Waals surface area contributed by atoms with E-state index in [2.05, 4.69) is 490 Å². The predicted octanol–water partition coefficient (Wildman–Crippen LogP) is 20.4. The Bertz CT molecular complexity index is 7270. The molecule has 0 saturated carbocycles. The molecule has 0 amide bonds. The molecule has 11 aromatic heterocycles. The maximum absolute atomic E-state index is 4.52. The van der Waals surface area contributed by atoms with Crippen LogP contribution < -0.4 is 22.8 Å². The highest BCUT2D eigenvalue weighted by Crippen LogP contribution is 2.39. The van der Waals surface area contributed by atoms with Crippen molar-refractivity contribution in [2.45, 2.75) is 166 Å². The van der Waals surface area contributed by atoms with Crippen LogP contribution in [0.25, 0.3) is 112 Å². The number of para-hydroxylation sites is 8. The number of fused-ring (bicyclic) bond motifs is 18. The molecule has 0 unspecified atom stereocenters. The van der Waals surface area contributed by atoms with Gasteiger partial charge in [-0.3, -0.25) is 4.40 Å². The lowest BCUT2D eigenvalue weighted by Crippen LogP contribution is -2.29. The van der Waals surface area contributed by atoms with Gasteiger partial charge in [0, 0.05) is 12.4 Å². The third-order valence-corrected chi connectivity index (χ3v) is 24.3. The standard InChI is InChI=1S/C25H26N3.2C21H24N3.C18H21N4.C17H22N3/c1-17-18(25(2,3)4)11-10-16-19(17)27-22-14-8-9-15-23(22)28-21-13-7-6-12-20(21)26(5)24(27)28;1-15-16(21(2,3)4)9-8-12-17(15)23-13-14-24-19-11-7-6-10-18(19)22(5)20(23)24;1-15-16(21(2,3)4)9-8-12-17(15)24-19-11-7-6-10-18(19)23-14-13-22(5)20(23)24;1-12-13(18(2,3)4)6-7-14-15(12)16-20(5)10-11-22(16)17-19-8-9-21(14)17;1-13-14(17(2,3)4)7-6-8-15(13)20-12-11-19-10-9-18(5)16(19)20/h6-16H,1-5H3;2*6-14H,1-5H3;6-11H,1-5H3;6-12H,1-5H3/q5*+1. The fourth-order valence-electron chi connectivity index (χ4n) is 18.9. The fourth-order valence-corrected chi connectivity index (χ4v) is 18.9. The molecule has 0 aliphatic heterocycles. The zero-order chi connectivity index (χ0) is 83.9. The van der Waals surface area contributed by atoms with Gasteiger partial charge in [0.25, 0.3) is 5.65 Å². The average Bonchev–Trinajstić information content (AvgIpc) is 1.60. The van der Waals surface area contributed by atoms with Crippen molar-refractivity contribution in [3.8, 4) is 22.7 Å². The highest BCUT2D eigenvalue weighted by Gasteiger charge is 2.33. The molecule has 0 aliphatic carbocycles. The van der Waals surface area contributed by atoms with Gasteiger partial charge in [0.1, 0.15) is 116 Å². The molecule has 0 bridgehead atoms. The molecule has 0 radical (unpaired) electrons. The molecule has 20 rings (SSSR count). The molecule has 0 atom stereocenters. The largest absolute Gasteiger partial charge is 0.375 e. The summed E-state index contributed by atoms with van der Waals surface area (Å²) in [5, 5.41) is 1.30. The molecule has 0 aliphatic rings. The van der Waals surface area contributed by atoms with E-state index in [1.807, 2.05) is 12.4 Å². The zero-order valence-corrected chi connectivity index (χ0v) is 73.9. The van der Waals surface area contributed by atoms with Crippen LogP contribution in [0, 0.1) is 34.6 Å². The summed E-state index contributed by atoms with van der Waals surface area (Å²) in [7, 11) is 10.6. The number of benzene rings is 9. The Morgan fingerprint density at radius 2 is 0.678 bits per heavy atom. The van der Waals surface area contributed by atoms with E-state index in [0.29, 0.717) is 0 Å². The van der Waals surface area contributed by atoms with Crippen molar-refractivity contribution < 1.29 is 22.8 Å². The summed E-state index contributed by atoms with van der Waals surface area (Å²) >= 11 is 0. The van der Waals surface area contributed by atoms with Gasteiger partial charge in [-0.15, -0.1) is 0 Å². The lowest BCUT2D eigenvalue weighted by molar-refractivity contribution is -0.647. The summed E-state index contributed by atoms with van der Waals surface area (Å²) in [5.41, 5.74) is 31.6. The third kappa shape index (κ3) is 13.3. The summed E-state index contributed by atoms with van der Waals surface area (Å²) in [6, 6.07) is 65.5. The van der Waals surface area contributed by atoms with E-state index in [0.717, 1.165) is 5.78 Å². The number of aryl methyl sites for hydroxylation is 6. The van der Waals surface area contributed by atoms with Crippen LogP contribution in [-0.4, -0.2) is 49.7 Å². The van der Waals surface area contributed by atoms with Crippen LogP contribution in [0.3, 0.4) is 0 Å². The Morgan fingerprint density at radius 1 is 0.280 bits per heavy atom. The highest BCUT2D eigenvalue weighted by atomic mass is 15.3. The Hall–Kier alpha value is -12.6. The van der Waals surface area contributed by atoms with Crippen molar-refractivity contribution in [1.82, 2.24) is 49.7 Å². The highest BCUT2D eigenvalue weighted by molar-refractivity contribution is 5.96. The number of imidazole rings is 10. The van der Waals surface area contributed by atoms with Gasteiger partial charge in [0.2, 0.25) is 0 Å². The smallest absolute Gasteiger partial charge is 0.265 e. The summed E-state index contributed by atoms with van der Waals surface area (Å²) < 4.78 is 33.8. The van der Waals surface area contributed by atoms with Crippen LogP contribution in [0.1, 0.15) is 159 Å². The predicted molar refractivity (Wildman–Crippen MR) is 484 cm³/mol. The Labute approximate surface area is 693 Å². The van der Waals surface area contributed by atoms with E-state index >= 15 is 0 Å². The van der Waals surface area contributed by atoms with Crippen LogP contribution in [-0.2, 0) is 62.3 Å². The lowest BCUT2D eigenvalue weighted by Gasteiger charge is -2.22. The summed E-state index contributed by atoms with van der Waals surface area (Å²) in [6.45, 7) is 45.3. The number of hydrogen-bond acceptors (Lipinski definition) is 1. The molecule has 118 heavy (non-hydrogen) atoms. The molecular weight excluding hydrogens is 1450 g/mol. The Morgan fingerprint density at radius 3 is 1.23 bits per heavy atom. The van der Waals surface area contributed by atoms with Gasteiger partial charge >= 0.3 is 28.9 Å². The fraction of sp³-hybridized carbons (Fsp3) is 0.294. The normalized spacial score (nSPS) is 12.4. The maximum Gasteiger partial charge on any atom is 0.375 e. The van der Waals surface area contributed by atoms with Crippen molar-refractivity contribution in [3.63, 3.8) is 0 Å². The lowest BCUT2D eigenvalue weighted by atomic mass is 9.83. The van der Waals surface area contributed by atoms with Gasteiger partial charge in [-0.25, -0.2) is 36.4 Å². The van der Waals surface area contributed by atoms with Gasteiger partial charge in [-0.2, -0.15) is 31.7 Å². The molecule has 11 heterocycles. The number of rotatable bonds is 4. The average molecular weight is 1570 g/mol. The second kappa shape index (κ2) is 29.3. The molecule has 0 N–H and O–H groups in total. The van der Waals surface area contributed by atoms with Crippen LogP contribution in [0.2, 0.25) is 0 Å². The van der Waals surface area contributed by atoms with Crippen molar-refractivity contribution >= 4 is 89.6 Å². The number of aromatic nitrogens is 16. The molecule has 0 fully saturated rings. The number of nitrogens with zero attached hydrogens (tertiary/aromatic N) is 16. The van der Waals surface area contributed by atoms with Gasteiger partial charge in [-0.1, -0.05) is 207 Å². The van der Waals surface area contributed by atoms with Crippen LogP contribution in [0.15, 0.2) is 256 Å². The van der Waals surface area contributed by atoms with Crippen molar-refractivity contribution in [2.24, 2.45) is 35.2 Å². The minimum atomic E-state index is 0.105. The van der Waals surface area contributed by atoms with Crippen molar-refractivity contribution in [3.05, 3.63) is 312 Å². The van der Waals surface area contributed by atoms with Crippen LogP contribution >= 0.6 is 0 Å². The third-order valence-electron chi connectivity index (χ3n) is 24.3. The summed E-state index contributed by atoms with van der Waals surface area (Å²) in [4.78, 5) is 4.52. The SMILES string of the molecule is Cc1c(-n2c3ccccc3n3c4ccccc4[n+](C)c23)cccc1C(C)(C)C.Cc1c(-n2c3ccccc3n3cc[n+](C)c23)cccc1C(C)(C)C.Cc1c(-n2ccn3c4ccccc4[n+](C)c23)cccc1C(C)(C)C.Cc1c(-n2ccn3cc[n+](C)c23)cccc1C(C)(C)C.Cc1c(C(C)(C)C)ccc2c1c1n(cc[n+]1C)c1nccn21. The molecule has 600 valence electrons. The summed E-state index contributed by atoms with van der Waals surface area (Å²) in [5.74, 6) is 5.64. The number of hydrogen-bond donors (Lipinski definition) is 0. The molecular formula is C102H117N16+5. The van der Waals surface area contributed by atoms with E-state index in [9.17, 15) is 0 Å². The van der Waals surface area contributed by atoms with Crippen LogP contribution in [0.5, 0.6) is 0 Å². The Kier molecular flexibility index (Phi) is 19.7. The maximum atomic E-state index is 4.52. The van der Waals surface area contributed by atoms with Gasteiger partial charge in [0.05, 0.1) is 58.5 Å². The molecule has 9 aromatic carbocycles. The van der Waals surface area contributed by atoms with E-state index in [-0.39, 0.29) is 27.1 Å². The monoisotopic (exact) mass is 1570 g/mol. The molecule has 0 saturated heterocycles. The molecule has 0 spiro atoms. The van der Waals surface area contributed by atoms with Gasteiger partial charge < -0.3 is 0 Å². The van der Waals surface area contributed by atoms with E-state index in [1.54, 1.807) is 0 Å². The first kappa shape index (κ1) is 79.3. The minimum absolute atomic E-state index is 0.105. The second-order valence-electron chi connectivity index (χ2n) is 37.5.